The molecule has 0 aliphatic carbocycles. The van der Waals surface area contributed by atoms with Crippen molar-refractivity contribution in [3.05, 3.63) is 29.3 Å². The molecule has 1 aliphatic heterocycles. The second-order valence-electron chi connectivity index (χ2n) is 6.65. The van der Waals surface area contributed by atoms with Gasteiger partial charge in [-0.15, -0.1) is 0 Å². The number of piperazine rings is 1. The molecule has 0 aromatic heterocycles. The standard InChI is InChI=1S/C19H31N3O/c1-5-6-10-20(4)19(23)15-21-11-13-22(14-12-21)18-9-7-8-16(2)17(18)3/h7-9H,5-6,10-15H2,1-4H3. The lowest BCUT2D eigenvalue weighted by atomic mass is 10.1. The number of rotatable bonds is 6. The first-order valence-corrected chi connectivity index (χ1v) is 8.80. The first-order valence-electron chi connectivity index (χ1n) is 8.80. The molecule has 23 heavy (non-hydrogen) atoms. The summed E-state index contributed by atoms with van der Waals surface area (Å²) >= 11 is 0. The van der Waals surface area contributed by atoms with E-state index in [1.165, 1.54) is 16.8 Å². The molecule has 1 heterocycles. The molecule has 2 rings (SSSR count). The predicted molar refractivity (Wildman–Crippen MR) is 97.1 cm³/mol. The minimum absolute atomic E-state index is 0.249. The Morgan fingerprint density at radius 1 is 1.17 bits per heavy atom. The van der Waals surface area contributed by atoms with Crippen molar-refractivity contribution in [3.8, 4) is 0 Å². The van der Waals surface area contributed by atoms with Crippen LogP contribution in [0.1, 0.15) is 30.9 Å². The summed E-state index contributed by atoms with van der Waals surface area (Å²) in [6.45, 7) is 11.9. The number of anilines is 1. The van der Waals surface area contributed by atoms with Gasteiger partial charge in [-0.25, -0.2) is 0 Å². The highest BCUT2D eigenvalue weighted by molar-refractivity contribution is 5.78. The lowest BCUT2D eigenvalue weighted by Crippen LogP contribution is -2.50. The van der Waals surface area contributed by atoms with Gasteiger partial charge in [-0.05, 0) is 37.5 Å². The van der Waals surface area contributed by atoms with Crippen LogP contribution in [0.5, 0.6) is 0 Å². The van der Waals surface area contributed by atoms with Gasteiger partial charge in [0.1, 0.15) is 0 Å². The third-order valence-corrected chi connectivity index (χ3v) is 4.92. The first-order chi connectivity index (χ1) is 11.0. The molecular formula is C19H31N3O. The van der Waals surface area contributed by atoms with Crippen LogP contribution < -0.4 is 4.90 Å². The van der Waals surface area contributed by atoms with Crippen molar-refractivity contribution in [1.82, 2.24) is 9.80 Å². The van der Waals surface area contributed by atoms with Gasteiger partial charge < -0.3 is 9.80 Å². The smallest absolute Gasteiger partial charge is 0.236 e. The third kappa shape index (κ3) is 4.71. The molecular weight excluding hydrogens is 286 g/mol. The van der Waals surface area contributed by atoms with Gasteiger partial charge in [-0.1, -0.05) is 25.5 Å². The summed E-state index contributed by atoms with van der Waals surface area (Å²) in [6, 6.07) is 6.51. The van der Waals surface area contributed by atoms with Crippen LogP contribution in [0, 0.1) is 13.8 Å². The maximum Gasteiger partial charge on any atom is 0.236 e. The summed E-state index contributed by atoms with van der Waals surface area (Å²) < 4.78 is 0. The van der Waals surface area contributed by atoms with Gasteiger partial charge in [0.2, 0.25) is 5.91 Å². The molecule has 0 spiro atoms. The van der Waals surface area contributed by atoms with E-state index in [4.69, 9.17) is 0 Å². The van der Waals surface area contributed by atoms with E-state index in [0.29, 0.717) is 6.54 Å². The topological polar surface area (TPSA) is 26.8 Å². The van der Waals surface area contributed by atoms with Gasteiger partial charge in [-0.3, -0.25) is 9.69 Å². The Morgan fingerprint density at radius 2 is 1.87 bits per heavy atom. The van der Waals surface area contributed by atoms with E-state index in [1.54, 1.807) is 0 Å². The molecule has 128 valence electrons. The number of carbonyl (C=O) groups is 1. The summed E-state index contributed by atoms with van der Waals surface area (Å²) in [7, 11) is 1.92. The first kappa shape index (κ1) is 17.8. The highest BCUT2D eigenvalue weighted by atomic mass is 16.2. The van der Waals surface area contributed by atoms with E-state index in [-0.39, 0.29) is 5.91 Å². The van der Waals surface area contributed by atoms with Crippen LogP contribution >= 0.6 is 0 Å². The monoisotopic (exact) mass is 317 g/mol. The van der Waals surface area contributed by atoms with Crippen LogP contribution in [-0.2, 0) is 4.79 Å². The predicted octanol–water partition coefficient (Wildman–Crippen LogP) is 2.68. The molecule has 0 unspecified atom stereocenters. The highest BCUT2D eigenvalue weighted by Gasteiger charge is 2.21. The fourth-order valence-electron chi connectivity index (χ4n) is 3.06. The van der Waals surface area contributed by atoms with Crippen LogP contribution in [0.25, 0.3) is 0 Å². The van der Waals surface area contributed by atoms with Gasteiger partial charge in [0, 0.05) is 45.5 Å². The molecule has 1 saturated heterocycles. The zero-order valence-electron chi connectivity index (χ0n) is 15.1. The van der Waals surface area contributed by atoms with Crippen molar-refractivity contribution in [2.45, 2.75) is 33.6 Å². The number of unbranched alkanes of at least 4 members (excludes halogenated alkanes) is 1. The molecule has 1 fully saturated rings. The maximum absolute atomic E-state index is 12.2. The van der Waals surface area contributed by atoms with Crippen molar-refractivity contribution in [2.75, 3.05) is 51.2 Å². The molecule has 4 heteroatoms. The zero-order valence-corrected chi connectivity index (χ0v) is 15.1. The second kappa shape index (κ2) is 8.34. The number of hydrogen-bond acceptors (Lipinski definition) is 3. The van der Waals surface area contributed by atoms with Crippen molar-refractivity contribution in [3.63, 3.8) is 0 Å². The highest BCUT2D eigenvalue weighted by Crippen LogP contribution is 2.23. The number of hydrogen-bond donors (Lipinski definition) is 0. The van der Waals surface area contributed by atoms with Crippen molar-refractivity contribution < 1.29 is 4.79 Å². The van der Waals surface area contributed by atoms with Crippen LogP contribution in [0.3, 0.4) is 0 Å². The molecule has 1 aromatic rings. The fraction of sp³-hybridized carbons (Fsp3) is 0.632. The average molecular weight is 317 g/mol. The van der Waals surface area contributed by atoms with E-state index in [9.17, 15) is 4.79 Å². The summed E-state index contributed by atoms with van der Waals surface area (Å²) in [6.07, 6.45) is 2.22. The molecule has 0 N–H and O–H groups in total. The Bertz CT molecular complexity index is 521. The van der Waals surface area contributed by atoms with Gasteiger partial charge in [0.05, 0.1) is 6.54 Å². The van der Waals surface area contributed by atoms with Crippen molar-refractivity contribution >= 4 is 11.6 Å². The number of amides is 1. The van der Waals surface area contributed by atoms with Gasteiger partial charge >= 0.3 is 0 Å². The number of likely N-dealkylation sites (N-methyl/N-ethyl adjacent to an activating group) is 1. The van der Waals surface area contributed by atoms with E-state index in [1.807, 2.05) is 11.9 Å². The Morgan fingerprint density at radius 3 is 2.52 bits per heavy atom. The van der Waals surface area contributed by atoms with Gasteiger partial charge in [0.15, 0.2) is 0 Å². The number of benzene rings is 1. The lowest BCUT2D eigenvalue weighted by molar-refractivity contribution is -0.131. The maximum atomic E-state index is 12.2. The molecule has 0 bridgehead atoms. The Kier molecular flexibility index (Phi) is 6.46. The lowest BCUT2D eigenvalue weighted by Gasteiger charge is -2.37. The zero-order chi connectivity index (χ0) is 16.8. The second-order valence-corrected chi connectivity index (χ2v) is 6.65. The van der Waals surface area contributed by atoms with E-state index in [0.717, 1.165) is 45.6 Å². The normalized spacial score (nSPS) is 15.7. The Balaban J connectivity index is 1.84. The van der Waals surface area contributed by atoms with Crippen molar-refractivity contribution in [2.24, 2.45) is 0 Å². The summed E-state index contributed by atoms with van der Waals surface area (Å²) in [5.74, 6) is 0.249. The summed E-state index contributed by atoms with van der Waals surface area (Å²) in [5, 5.41) is 0. The number of aryl methyl sites for hydroxylation is 1. The molecule has 1 aliphatic rings. The summed E-state index contributed by atoms with van der Waals surface area (Å²) in [5.41, 5.74) is 4.06. The van der Waals surface area contributed by atoms with Crippen molar-refractivity contribution in [1.29, 1.82) is 0 Å². The molecule has 0 saturated carbocycles. The van der Waals surface area contributed by atoms with Crippen LogP contribution in [-0.4, -0.2) is 62.0 Å². The summed E-state index contributed by atoms with van der Waals surface area (Å²) in [4.78, 5) is 18.8. The van der Waals surface area contributed by atoms with E-state index < -0.39 is 0 Å². The van der Waals surface area contributed by atoms with Gasteiger partial charge in [0.25, 0.3) is 0 Å². The molecule has 1 aromatic carbocycles. The molecule has 1 amide bonds. The number of carbonyl (C=O) groups excluding carboxylic acids is 1. The third-order valence-electron chi connectivity index (χ3n) is 4.92. The van der Waals surface area contributed by atoms with Gasteiger partial charge in [-0.2, -0.15) is 0 Å². The SMILES string of the molecule is CCCCN(C)C(=O)CN1CCN(c2cccc(C)c2C)CC1. The van der Waals surface area contributed by atoms with E-state index in [2.05, 4.69) is 48.8 Å². The molecule has 0 radical (unpaired) electrons. The minimum Gasteiger partial charge on any atom is -0.369 e. The Labute approximate surface area is 141 Å². The van der Waals surface area contributed by atoms with E-state index >= 15 is 0 Å². The average Bonchev–Trinajstić information content (AvgIpc) is 2.56. The van der Waals surface area contributed by atoms with Crippen LogP contribution in [0.15, 0.2) is 18.2 Å². The molecule has 4 nitrogen and oxygen atoms in total. The quantitative estimate of drug-likeness (QED) is 0.807. The largest absolute Gasteiger partial charge is 0.369 e. The Hall–Kier alpha value is -1.55. The van der Waals surface area contributed by atoms with Crippen LogP contribution in [0.2, 0.25) is 0 Å². The fourth-order valence-corrected chi connectivity index (χ4v) is 3.06. The molecule has 0 atom stereocenters. The minimum atomic E-state index is 0.249. The van der Waals surface area contributed by atoms with Crippen LogP contribution in [0.4, 0.5) is 5.69 Å². The number of nitrogens with zero attached hydrogens (tertiary/aromatic N) is 3.